The molecule has 0 saturated heterocycles. The number of rotatable bonds is 4. The molecule has 1 atom stereocenters. The van der Waals surface area contributed by atoms with Crippen molar-refractivity contribution in [2.75, 3.05) is 11.9 Å². The van der Waals surface area contributed by atoms with Crippen LogP contribution in [-0.4, -0.2) is 22.1 Å². The van der Waals surface area contributed by atoms with E-state index >= 15 is 0 Å². The van der Waals surface area contributed by atoms with E-state index in [1.807, 2.05) is 42.4 Å². The fourth-order valence-corrected chi connectivity index (χ4v) is 1.89. The van der Waals surface area contributed by atoms with Crippen LogP contribution in [0.25, 0.3) is 0 Å². The Balaban J connectivity index is 2.21. The minimum absolute atomic E-state index is 0.523. The highest BCUT2D eigenvalue weighted by Crippen LogP contribution is 2.23. The van der Waals surface area contributed by atoms with E-state index in [0.717, 1.165) is 16.9 Å². The third kappa shape index (κ3) is 2.84. The Labute approximate surface area is 107 Å². The van der Waals surface area contributed by atoms with Gasteiger partial charge in [0, 0.05) is 37.7 Å². The predicted molar refractivity (Wildman–Crippen MR) is 71.2 cm³/mol. The second kappa shape index (κ2) is 5.60. The molecule has 0 radical (unpaired) electrons. The molecule has 0 amide bonds. The molecule has 4 heteroatoms. The normalized spacial score (nSPS) is 12.2. The van der Waals surface area contributed by atoms with Crippen LogP contribution in [-0.2, 0) is 6.54 Å². The molecule has 4 nitrogen and oxygen atoms in total. The molecule has 0 unspecified atom stereocenters. The van der Waals surface area contributed by atoms with Crippen LogP contribution in [0.15, 0.2) is 42.9 Å². The molecule has 0 saturated carbocycles. The summed E-state index contributed by atoms with van der Waals surface area (Å²) in [6, 6.07) is 7.67. The van der Waals surface area contributed by atoms with Crippen molar-refractivity contribution >= 4 is 5.82 Å². The van der Waals surface area contributed by atoms with E-state index in [9.17, 15) is 5.11 Å². The Kier molecular flexibility index (Phi) is 3.89. The van der Waals surface area contributed by atoms with Crippen molar-refractivity contribution in [2.45, 2.75) is 19.6 Å². The number of aliphatic hydroxyl groups excluding tert-OH is 1. The number of pyridine rings is 2. The highest BCUT2D eigenvalue weighted by molar-refractivity contribution is 5.47. The summed E-state index contributed by atoms with van der Waals surface area (Å²) in [6.07, 6.45) is 4.80. The van der Waals surface area contributed by atoms with E-state index in [2.05, 4.69) is 9.97 Å². The fraction of sp³-hybridized carbons (Fsp3) is 0.286. The molecule has 0 aliphatic heterocycles. The summed E-state index contributed by atoms with van der Waals surface area (Å²) < 4.78 is 0. The van der Waals surface area contributed by atoms with Crippen LogP contribution in [0.4, 0.5) is 5.82 Å². The summed E-state index contributed by atoms with van der Waals surface area (Å²) in [5.74, 6) is 0.802. The molecule has 0 spiro atoms. The standard InChI is InChI=1S/C14H17N3O/c1-11(18)13-6-4-8-16-14(13)17(2)10-12-5-3-7-15-9-12/h3-9,11,18H,10H2,1-2H3/t11-/m1/s1. The Morgan fingerprint density at radius 3 is 2.72 bits per heavy atom. The molecule has 1 N–H and O–H groups in total. The lowest BCUT2D eigenvalue weighted by molar-refractivity contribution is 0.199. The molecular formula is C14H17N3O. The third-order valence-electron chi connectivity index (χ3n) is 2.77. The molecule has 0 aliphatic carbocycles. The zero-order chi connectivity index (χ0) is 13.0. The molecule has 0 bridgehead atoms. The predicted octanol–water partition coefficient (Wildman–Crippen LogP) is 2.17. The van der Waals surface area contributed by atoms with Gasteiger partial charge in [-0.15, -0.1) is 0 Å². The molecule has 2 aromatic rings. The summed E-state index contributed by atoms with van der Waals surface area (Å²) in [5, 5.41) is 9.74. The maximum atomic E-state index is 9.74. The molecule has 2 rings (SSSR count). The molecule has 0 aliphatic rings. The van der Waals surface area contributed by atoms with Gasteiger partial charge in [-0.1, -0.05) is 12.1 Å². The van der Waals surface area contributed by atoms with Crippen molar-refractivity contribution in [1.82, 2.24) is 9.97 Å². The van der Waals surface area contributed by atoms with Gasteiger partial charge in [0.05, 0.1) is 6.10 Å². The Bertz CT molecular complexity index is 499. The monoisotopic (exact) mass is 243 g/mol. The number of hydrogen-bond donors (Lipinski definition) is 1. The number of aliphatic hydroxyl groups is 1. The maximum Gasteiger partial charge on any atom is 0.134 e. The minimum atomic E-state index is -0.523. The van der Waals surface area contributed by atoms with Crippen LogP contribution in [0.5, 0.6) is 0 Å². The summed E-state index contributed by atoms with van der Waals surface area (Å²) in [4.78, 5) is 10.4. The van der Waals surface area contributed by atoms with Crippen LogP contribution in [0.1, 0.15) is 24.2 Å². The van der Waals surface area contributed by atoms with E-state index in [0.29, 0.717) is 6.54 Å². The first kappa shape index (κ1) is 12.5. The molecule has 0 fully saturated rings. The van der Waals surface area contributed by atoms with Crippen LogP contribution in [0.2, 0.25) is 0 Å². The minimum Gasteiger partial charge on any atom is -0.389 e. The third-order valence-corrected chi connectivity index (χ3v) is 2.77. The van der Waals surface area contributed by atoms with Crippen molar-refractivity contribution < 1.29 is 5.11 Å². The van der Waals surface area contributed by atoms with Gasteiger partial charge in [-0.05, 0) is 24.6 Å². The van der Waals surface area contributed by atoms with Gasteiger partial charge in [-0.25, -0.2) is 4.98 Å². The number of hydrogen-bond acceptors (Lipinski definition) is 4. The number of aromatic nitrogens is 2. The van der Waals surface area contributed by atoms with Gasteiger partial charge in [0.2, 0.25) is 0 Å². The zero-order valence-corrected chi connectivity index (χ0v) is 10.6. The number of anilines is 1. The van der Waals surface area contributed by atoms with Gasteiger partial charge in [-0.2, -0.15) is 0 Å². The first-order chi connectivity index (χ1) is 8.68. The molecule has 2 aromatic heterocycles. The Morgan fingerprint density at radius 1 is 1.28 bits per heavy atom. The lowest BCUT2D eigenvalue weighted by Crippen LogP contribution is -2.20. The second-order valence-electron chi connectivity index (χ2n) is 4.31. The lowest BCUT2D eigenvalue weighted by atomic mass is 10.1. The molecule has 94 valence electrons. The molecule has 18 heavy (non-hydrogen) atoms. The van der Waals surface area contributed by atoms with E-state index in [4.69, 9.17) is 0 Å². The Morgan fingerprint density at radius 2 is 2.06 bits per heavy atom. The maximum absolute atomic E-state index is 9.74. The number of nitrogens with zero attached hydrogens (tertiary/aromatic N) is 3. The van der Waals surface area contributed by atoms with Gasteiger partial charge >= 0.3 is 0 Å². The van der Waals surface area contributed by atoms with Crippen molar-refractivity contribution in [1.29, 1.82) is 0 Å². The van der Waals surface area contributed by atoms with Crippen molar-refractivity contribution in [3.63, 3.8) is 0 Å². The topological polar surface area (TPSA) is 49.3 Å². The van der Waals surface area contributed by atoms with Gasteiger partial charge in [-0.3, -0.25) is 4.98 Å². The molecular weight excluding hydrogens is 226 g/mol. The van der Waals surface area contributed by atoms with Gasteiger partial charge in [0.15, 0.2) is 0 Å². The smallest absolute Gasteiger partial charge is 0.134 e. The first-order valence-corrected chi connectivity index (χ1v) is 5.91. The van der Waals surface area contributed by atoms with Crippen molar-refractivity contribution in [3.8, 4) is 0 Å². The van der Waals surface area contributed by atoms with Gasteiger partial charge in [0.25, 0.3) is 0 Å². The van der Waals surface area contributed by atoms with E-state index < -0.39 is 6.10 Å². The van der Waals surface area contributed by atoms with E-state index in [1.165, 1.54) is 0 Å². The SMILES string of the molecule is C[C@@H](O)c1cccnc1N(C)Cc1cccnc1. The highest BCUT2D eigenvalue weighted by atomic mass is 16.3. The van der Waals surface area contributed by atoms with Crippen LogP contribution >= 0.6 is 0 Å². The molecule has 0 aromatic carbocycles. The lowest BCUT2D eigenvalue weighted by Gasteiger charge is -2.22. The summed E-state index contributed by atoms with van der Waals surface area (Å²) in [7, 11) is 1.96. The molecule has 2 heterocycles. The van der Waals surface area contributed by atoms with Crippen LogP contribution < -0.4 is 4.90 Å². The highest BCUT2D eigenvalue weighted by Gasteiger charge is 2.12. The van der Waals surface area contributed by atoms with Gasteiger partial charge < -0.3 is 10.0 Å². The summed E-state index contributed by atoms with van der Waals surface area (Å²) in [5.41, 5.74) is 1.95. The van der Waals surface area contributed by atoms with Crippen molar-refractivity contribution in [3.05, 3.63) is 54.0 Å². The quantitative estimate of drug-likeness (QED) is 0.894. The zero-order valence-electron chi connectivity index (χ0n) is 10.6. The average molecular weight is 243 g/mol. The summed E-state index contributed by atoms with van der Waals surface area (Å²) in [6.45, 7) is 2.46. The van der Waals surface area contributed by atoms with Crippen molar-refractivity contribution in [2.24, 2.45) is 0 Å². The van der Waals surface area contributed by atoms with E-state index in [-0.39, 0.29) is 0 Å². The summed E-state index contributed by atoms with van der Waals surface area (Å²) >= 11 is 0. The second-order valence-corrected chi connectivity index (χ2v) is 4.31. The Hall–Kier alpha value is -1.94. The fourth-order valence-electron chi connectivity index (χ4n) is 1.89. The van der Waals surface area contributed by atoms with Crippen LogP contribution in [0, 0.1) is 0 Å². The van der Waals surface area contributed by atoms with Crippen LogP contribution in [0.3, 0.4) is 0 Å². The average Bonchev–Trinajstić information content (AvgIpc) is 2.40. The van der Waals surface area contributed by atoms with E-state index in [1.54, 1.807) is 19.3 Å². The largest absolute Gasteiger partial charge is 0.389 e. The first-order valence-electron chi connectivity index (χ1n) is 5.91. The van der Waals surface area contributed by atoms with Gasteiger partial charge in [0.1, 0.15) is 5.82 Å².